The monoisotopic (exact) mass is 316 g/mol. The topological polar surface area (TPSA) is 80.5 Å². The van der Waals surface area contributed by atoms with Crippen LogP contribution in [0.4, 0.5) is 0 Å². The molecule has 2 atom stereocenters. The lowest BCUT2D eigenvalue weighted by molar-refractivity contribution is 0.0573. The van der Waals surface area contributed by atoms with E-state index in [1.807, 2.05) is 11.8 Å². The summed E-state index contributed by atoms with van der Waals surface area (Å²) in [4.78, 5) is 14.5. The van der Waals surface area contributed by atoms with Gasteiger partial charge in [0.2, 0.25) is 10.0 Å². The van der Waals surface area contributed by atoms with E-state index in [2.05, 4.69) is 6.92 Å². The van der Waals surface area contributed by atoms with E-state index < -0.39 is 10.0 Å². The van der Waals surface area contributed by atoms with E-state index in [0.717, 1.165) is 30.7 Å². The zero-order chi connectivity index (χ0) is 15.1. The van der Waals surface area contributed by atoms with Gasteiger partial charge in [0.15, 0.2) is 0 Å². The molecular formula is C13H20N2O3S2. The zero-order valence-electron chi connectivity index (χ0n) is 11.9. The van der Waals surface area contributed by atoms with Crippen LogP contribution in [0.2, 0.25) is 0 Å². The van der Waals surface area contributed by atoms with Crippen molar-refractivity contribution in [2.75, 3.05) is 6.54 Å². The Morgan fingerprint density at radius 2 is 2.05 bits per heavy atom. The molecule has 20 heavy (non-hydrogen) atoms. The molecule has 0 saturated carbocycles. The van der Waals surface area contributed by atoms with E-state index in [1.54, 1.807) is 12.3 Å². The van der Waals surface area contributed by atoms with E-state index in [0.29, 0.717) is 17.0 Å². The molecule has 1 aromatic heterocycles. The number of rotatable bonds is 2. The molecule has 0 aromatic carbocycles. The second-order valence-electron chi connectivity index (χ2n) is 5.60. The summed E-state index contributed by atoms with van der Waals surface area (Å²) in [5.74, 6) is 0.388. The number of carbonyl (C=O) groups excluding carboxylic acids is 1. The molecule has 1 amide bonds. The third-order valence-electron chi connectivity index (χ3n) is 3.86. The molecular weight excluding hydrogens is 296 g/mol. The van der Waals surface area contributed by atoms with Crippen molar-refractivity contribution in [3.05, 3.63) is 16.5 Å². The molecule has 112 valence electrons. The molecule has 1 fully saturated rings. The van der Waals surface area contributed by atoms with Crippen molar-refractivity contribution in [3.63, 3.8) is 0 Å². The van der Waals surface area contributed by atoms with Gasteiger partial charge in [-0.2, -0.15) is 0 Å². The van der Waals surface area contributed by atoms with Gasteiger partial charge in [0, 0.05) is 18.0 Å². The van der Waals surface area contributed by atoms with Crippen LogP contribution in [-0.4, -0.2) is 31.8 Å². The van der Waals surface area contributed by atoms with Gasteiger partial charge in [-0.25, -0.2) is 13.6 Å². The van der Waals surface area contributed by atoms with E-state index in [4.69, 9.17) is 5.14 Å². The summed E-state index contributed by atoms with van der Waals surface area (Å²) < 4.78 is 23.0. The standard InChI is InChI=1S/C13H20N2O3S2/c1-8-4-5-9(2)15(6-8)12(16)11-7-19-13(10(11)3)20(14,17)18/h7-9H,4-6H2,1-3H3,(H2,14,17,18). The first-order valence-corrected chi connectivity index (χ1v) is 9.06. The van der Waals surface area contributed by atoms with Gasteiger partial charge in [-0.3, -0.25) is 4.79 Å². The molecule has 1 aliphatic heterocycles. The number of sulfonamides is 1. The number of carbonyl (C=O) groups is 1. The number of piperidine rings is 1. The summed E-state index contributed by atoms with van der Waals surface area (Å²) >= 11 is 1.02. The Hall–Kier alpha value is -0.920. The minimum atomic E-state index is -3.75. The maximum Gasteiger partial charge on any atom is 0.255 e. The third kappa shape index (κ3) is 2.89. The van der Waals surface area contributed by atoms with E-state index in [-0.39, 0.29) is 16.2 Å². The molecule has 1 aromatic rings. The zero-order valence-corrected chi connectivity index (χ0v) is 13.6. The lowest BCUT2D eigenvalue weighted by atomic mass is 9.94. The number of primary sulfonamides is 1. The highest BCUT2D eigenvalue weighted by Gasteiger charge is 2.30. The van der Waals surface area contributed by atoms with Crippen LogP contribution in [0, 0.1) is 12.8 Å². The molecule has 0 bridgehead atoms. The molecule has 1 aliphatic rings. The number of amides is 1. The van der Waals surface area contributed by atoms with Crippen molar-refractivity contribution in [2.45, 2.75) is 43.9 Å². The number of nitrogens with zero attached hydrogens (tertiary/aromatic N) is 1. The third-order valence-corrected chi connectivity index (χ3v) is 6.54. The van der Waals surface area contributed by atoms with Gasteiger partial charge in [-0.15, -0.1) is 11.3 Å². The van der Waals surface area contributed by atoms with Crippen molar-refractivity contribution in [1.82, 2.24) is 4.90 Å². The maximum atomic E-state index is 12.6. The van der Waals surface area contributed by atoms with Gasteiger partial charge in [-0.1, -0.05) is 6.92 Å². The van der Waals surface area contributed by atoms with Crippen molar-refractivity contribution in [3.8, 4) is 0 Å². The second kappa shape index (κ2) is 5.46. The Bertz CT molecular complexity index is 622. The molecule has 0 aliphatic carbocycles. The van der Waals surface area contributed by atoms with E-state index >= 15 is 0 Å². The predicted octanol–water partition coefficient (Wildman–Crippen LogP) is 1.96. The quantitative estimate of drug-likeness (QED) is 0.905. The minimum absolute atomic E-state index is 0.0820. The predicted molar refractivity (Wildman–Crippen MR) is 79.3 cm³/mol. The second-order valence-corrected chi connectivity index (χ2v) is 8.23. The highest BCUT2D eigenvalue weighted by molar-refractivity contribution is 7.91. The fourth-order valence-electron chi connectivity index (χ4n) is 2.62. The van der Waals surface area contributed by atoms with Crippen LogP contribution in [0.1, 0.15) is 42.6 Å². The van der Waals surface area contributed by atoms with Gasteiger partial charge >= 0.3 is 0 Å². The first-order chi connectivity index (χ1) is 9.21. The smallest absolute Gasteiger partial charge is 0.255 e. The van der Waals surface area contributed by atoms with Crippen LogP contribution < -0.4 is 5.14 Å². The molecule has 2 unspecified atom stereocenters. The molecule has 0 spiro atoms. The lowest BCUT2D eigenvalue weighted by Crippen LogP contribution is -2.45. The highest BCUT2D eigenvalue weighted by atomic mass is 32.2. The van der Waals surface area contributed by atoms with Crippen molar-refractivity contribution in [1.29, 1.82) is 0 Å². The molecule has 2 N–H and O–H groups in total. The van der Waals surface area contributed by atoms with Crippen LogP contribution in [-0.2, 0) is 10.0 Å². The Labute approximate surface area is 123 Å². The van der Waals surface area contributed by atoms with Gasteiger partial charge in [0.25, 0.3) is 5.91 Å². The summed E-state index contributed by atoms with van der Waals surface area (Å²) in [6.45, 7) is 6.52. The minimum Gasteiger partial charge on any atom is -0.336 e. The summed E-state index contributed by atoms with van der Waals surface area (Å²) in [5, 5.41) is 6.76. The number of thiophene rings is 1. The van der Waals surface area contributed by atoms with Crippen molar-refractivity contribution in [2.24, 2.45) is 11.1 Å². The molecule has 2 rings (SSSR count). The fraction of sp³-hybridized carbons (Fsp3) is 0.615. The fourth-order valence-corrected chi connectivity index (χ4v) is 4.62. The molecule has 1 saturated heterocycles. The van der Waals surface area contributed by atoms with Crippen LogP contribution in [0.3, 0.4) is 0 Å². The molecule has 7 heteroatoms. The van der Waals surface area contributed by atoms with Gasteiger partial charge in [0.05, 0.1) is 5.56 Å². The van der Waals surface area contributed by atoms with Crippen LogP contribution in [0.25, 0.3) is 0 Å². The number of hydrogen-bond acceptors (Lipinski definition) is 4. The van der Waals surface area contributed by atoms with Gasteiger partial charge in [0.1, 0.15) is 4.21 Å². The Kier molecular flexibility index (Phi) is 4.22. The first kappa shape index (κ1) is 15.5. The summed E-state index contributed by atoms with van der Waals surface area (Å²) in [5.41, 5.74) is 0.924. The first-order valence-electron chi connectivity index (χ1n) is 6.63. The summed E-state index contributed by atoms with van der Waals surface area (Å²) in [7, 11) is -3.75. The Morgan fingerprint density at radius 3 is 2.60 bits per heavy atom. The average molecular weight is 316 g/mol. The maximum absolute atomic E-state index is 12.6. The number of nitrogens with two attached hydrogens (primary N) is 1. The Balaban J connectivity index is 2.32. The highest BCUT2D eigenvalue weighted by Crippen LogP contribution is 2.29. The van der Waals surface area contributed by atoms with Crippen molar-refractivity contribution < 1.29 is 13.2 Å². The van der Waals surface area contributed by atoms with Crippen molar-refractivity contribution >= 4 is 27.3 Å². The van der Waals surface area contributed by atoms with E-state index in [9.17, 15) is 13.2 Å². The normalized spacial score (nSPS) is 23.9. The lowest BCUT2D eigenvalue weighted by Gasteiger charge is -2.36. The molecule has 0 radical (unpaired) electrons. The Morgan fingerprint density at radius 1 is 1.40 bits per heavy atom. The van der Waals surface area contributed by atoms with Crippen LogP contribution >= 0.6 is 11.3 Å². The largest absolute Gasteiger partial charge is 0.336 e. The van der Waals surface area contributed by atoms with Crippen LogP contribution in [0.15, 0.2) is 9.59 Å². The molecule has 5 nitrogen and oxygen atoms in total. The number of likely N-dealkylation sites (tertiary alicyclic amines) is 1. The number of hydrogen-bond donors (Lipinski definition) is 1. The SMILES string of the molecule is Cc1c(C(=O)N2CC(C)CCC2C)csc1S(N)(=O)=O. The summed E-state index contributed by atoms with van der Waals surface area (Å²) in [6, 6.07) is 0.191. The average Bonchev–Trinajstić information content (AvgIpc) is 2.73. The summed E-state index contributed by atoms with van der Waals surface area (Å²) in [6.07, 6.45) is 2.11. The molecule has 2 heterocycles. The van der Waals surface area contributed by atoms with E-state index in [1.165, 1.54) is 0 Å². The van der Waals surface area contributed by atoms with Gasteiger partial charge < -0.3 is 4.90 Å². The van der Waals surface area contributed by atoms with Gasteiger partial charge in [-0.05, 0) is 38.2 Å². The van der Waals surface area contributed by atoms with Crippen LogP contribution in [0.5, 0.6) is 0 Å².